The largest absolute Gasteiger partial charge is 0.478 e. The first-order valence-electron chi connectivity index (χ1n) is 5.93. The molecule has 102 valence electrons. The fourth-order valence-electron chi connectivity index (χ4n) is 2.06. The number of hydrogen-bond acceptors (Lipinski definition) is 4. The van der Waals surface area contributed by atoms with Crippen molar-refractivity contribution in [1.29, 1.82) is 0 Å². The topological polar surface area (TPSA) is 76.7 Å². The third-order valence-corrected chi connectivity index (χ3v) is 3.45. The summed E-state index contributed by atoms with van der Waals surface area (Å²) in [7, 11) is 1.55. The zero-order valence-electron chi connectivity index (χ0n) is 11.7. The molecule has 0 aliphatic carbocycles. The van der Waals surface area contributed by atoms with Gasteiger partial charge in [-0.25, -0.2) is 14.3 Å². The van der Waals surface area contributed by atoms with Crippen molar-refractivity contribution >= 4 is 11.6 Å². The van der Waals surface area contributed by atoms with Crippen LogP contribution in [0.5, 0.6) is 0 Å². The van der Waals surface area contributed by atoms with Crippen molar-refractivity contribution in [3.8, 4) is 0 Å². The Morgan fingerprint density at radius 2 is 2.05 bits per heavy atom. The number of methoxy groups -OCH3 is 1. The van der Waals surface area contributed by atoms with E-state index in [9.17, 15) is 9.90 Å². The van der Waals surface area contributed by atoms with Crippen LogP contribution >= 0.6 is 0 Å². The molecule has 2 aromatic rings. The van der Waals surface area contributed by atoms with E-state index >= 15 is 0 Å². The molecule has 0 bridgehead atoms. The molecular weight excluding hydrogens is 246 g/mol. The van der Waals surface area contributed by atoms with Gasteiger partial charge in [0.25, 0.3) is 0 Å². The highest BCUT2D eigenvalue weighted by Crippen LogP contribution is 2.31. The number of carbonyl (C=O) groups is 1. The Bertz CT molecular complexity index is 659. The van der Waals surface area contributed by atoms with Crippen molar-refractivity contribution in [2.75, 3.05) is 7.11 Å². The fourth-order valence-corrected chi connectivity index (χ4v) is 2.06. The molecule has 6 nitrogen and oxygen atoms in total. The zero-order chi connectivity index (χ0) is 14.4. The van der Waals surface area contributed by atoms with Crippen LogP contribution < -0.4 is 0 Å². The van der Waals surface area contributed by atoms with Crippen LogP contribution in [-0.4, -0.2) is 32.8 Å². The molecule has 0 aliphatic heterocycles. The van der Waals surface area contributed by atoms with Gasteiger partial charge in [0.15, 0.2) is 5.65 Å². The van der Waals surface area contributed by atoms with Gasteiger partial charge in [0.1, 0.15) is 0 Å². The Kier molecular flexibility index (Phi) is 3.06. The first-order chi connectivity index (χ1) is 8.79. The van der Waals surface area contributed by atoms with Gasteiger partial charge in [-0.2, -0.15) is 5.10 Å². The SMILES string of the molecule is COC(C)(C)c1c(C(=O)O)cnn2c(C)c(C)nc12. The third kappa shape index (κ3) is 1.98. The van der Waals surface area contributed by atoms with E-state index in [0.29, 0.717) is 11.2 Å². The summed E-state index contributed by atoms with van der Waals surface area (Å²) in [5.41, 5.74) is 2.13. The number of carboxylic acids is 1. The Morgan fingerprint density at radius 3 is 2.58 bits per heavy atom. The van der Waals surface area contributed by atoms with Crippen LogP contribution in [0.25, 0.3) is 5.65 Å². The number of nitrogens with zero attached hydrogens (tertiary/aromatic N) is 3. The van der Waals surface area contributed by atoms with E-state index in [2.05, 4.69) is 10.1 Å². The number of aromatic nitrogens is 3. The highest BCUT2D eigenvalue weighted by molar-refractivity contribution is 5.91. The lowest BCUT2D eigenvalue weighted by molar-refractivity contribution is 0.0182. The summed E-state index contributed by atoms with van der Waals surface area (Å²) in [5, 5.41) is 13.5. The van der Waals surface area contributed by atoms with Gasteiger partial charge in [-0.3, -0.25) is 0 Å². The van der Waals surface area contributed by atoms with Crippen molar-refractivity contribution in [2.45, 2.75) is 33.3 Å². The summed E-state index contributed by atoms with van der Waals surface area (Å²) >= 11 is 0. The number of aryl methyl sites for hydroxylation is 2. The molecule has 6 heteroatoms. The average Bonchev–Trinajstić information content (AvgIpc) is 2.64. The molecule has 2 rings (SSSR count). The molecule has 0 aromatic carbocycles. The van der Waals surface area contributed by atoms with Crippen molar-refractivity contribution in [3.63, 3.8) is 0 Å². The maximum Gasteiger partial charge on any atom is 0.337 e. The molecule has 0 fully saturated rings. The number of aromatic carboxylic acids is 1. The van der Waals surface area contributed by atoms with Crippen molar-refractivity contribution in [1.82, 2.24) is 14.6 Å². The van der Waals surface area contributed by atoms with Crippen LogP contribution in [0.15, 0.2) is 6.20 Å². The Morgan fingerprint density at radius 1 is 1.42 bits per heavy atom. The first kappa shape index (κ1) is 13.5. The van der Waals surface area contributed by atoms with Gasteiger partial charge in [-0.05, 0) is 27.7 Å². The Balaban J connectivity index is 2.92. The van der Waals surface area contributed by atoms with E-state index in [4.69, 9.17) is 4.74 Å². The van der Waals surface area contributed by atoms with E-state index in [-0.39, 0.29) is 5.56 Å². The minimum atomic E-state index is -1.03. The van der Waals surface area contributed by atoms with Gasteiger partial charge in [0, 0.05) is 12.7 Å². The van der Waals surface area contributed by atoms with Crippen LogP contribution in [0.2, 0.25) is 0 Å². The van der Waals surface area contributed by atoms with Gasteiger partial charge in [0.05, 0.1) is 28.7 Å². The highest BCUT2D eigenvalue weighted by Gasteiger charge is 2.31. The normalized spacial score (nSPS) is 12.1. The molecule has 0 aliphatic rings. The summed E-state index contributed by atoms with van der Waals surface area (Å²) in [6.45, 7) is 7.39. The lowest BCUT2D eigenvalue weighted by atomic mass is 9.95. The number of fused-ring (bicyclic) bond motifs is 1. The van der Waals surface area contributed by atoms with Crippen LogP contribution in [0.4, 0.5) is 0 Å². The quantitative estimate of drug-likeness (QED) is 0.915. The summed E-state index contributed by atoms with van der Waals surface area (Å²) in [5.74, 6) is -1.03. The van der Waals surface area contributed by atoms with Crippen molar-refractivity contribution in [2.24, 2.45) is 0 Å². The molecule has 0 atom stereocenters. The molecule has 0 unspecified atom stereocenters. The average molecular weight is 263 g/mol. The smallest absolute Gasteiger partial charge is 0.337 e. The van der Waals surface area contributed by atoms with Gasteiger partial charge in [-0.15, -0.1) is 0 Å². The van der Waals surface area contributed by atoms with Crippen LogP contribution in [0.1, 0.15) is 41.2 Å². The molecule has 2 aromatic heterocycles. The maximum absolute atomic E-state index is 11.4. The molecular formula is C13H17N3O3. The molecule has 0 spiro atoms. The predicted molar refractivity (Wildman–Crippen MR) is 69.5 cm³/mol. The number of hydrogen-bond donors (Lipinski definition) is 1. The second-order valence-electron chi connectivity index (χ2n) is 4.97. The number of imidazole rings is 1. The van der Waals surface area contributed by atoms with E-state index in [1.54, 1.807) is 11.6 Å². The number of carboxylic acid groups (broad SMARTS) is 1. The second kappa shape index (κ2) is 4.31. The monoisotopic (exact) mass is 263 g/mol. The minimum Gasteiger partial charge on any atom is -0.478 e. The Hall–Kier alpha value is -1.95. The number of ether oxygens (including phenoxy) is 1. The molecule has 2 heterocycles. The van der Waals surface area contributed by atoms with E-state index in [0.717, 1.165) is 11.4 Å². The molecule has 0 amide bonds. The Labute approximate surface area is 111 Å². The van der Waals surface area contributed by atoms with E-state index in [1.165, 1.54) is 6.20 Å². The van der Waals surface area contributed by atoms with E-state index < -0.39 is 11.6 Å². The lowest BCUT2D eigenvalue weighted by Crippen LogP contribution is -2.25. The number of rotatable bonds is 3. The van der Waals surface area contributed by atoms with Gasteiger partial charge >= 0.3 is 5.97 Å². The summed E-state index contributed by atoms with van der Waals surface area (Å²) < 4.78 is 7.08. The summed E-state index contributed by atoms with van der Waals surface area (Å²) in [6.07, 6.45) is 1.35. The van der Waals surface area contributed by atoms with Crippen LogP contribution in [0.3, 0.4) is 0 Å². The minimum absolute atomic E-state index is 0.115. The molecule has 0 radical (unpaired) electrons. The molecule has 19 heavy (non-hydrogen) atoms. The van der Waals surface area contributed by atoms with Crippen LogP contribution in [0, 0.1) is 13.8 Å². The predicted octanol–water partition coefficient (Wildman–Crippen LogP) is 1.93. The van der Waals surface area contributed by atoms with Crippen molar-refractivity contribution < 1.29 is 14.6 Å². The van der Waals surface area contributed by atoms with Crippen LogP contribution in [-0.2, 0) is 10.3 Å². The van der Waals surface area contributed by atoms with Gasteiger partial charge in [0.2, 0.25) is 0 Å². The fraction of sp³-hybridized carbons (Fsp3) is 0.462. The van der Waals surface area contributed by atoms with Gasteiger partial charge in [-0.1, -0.05) is 0 Å². The highest BCUT2D eigenvalue weighted by atomic mass is 16.5. The first-order valence-corrected chi connectivity index (χ1v) is 5.93. The lowest BCUT2D eigenvalue weighted by Gasteiger charge is -2.25. The maximum atomic E-state index is 11.4. The molecule has 0 saturated carbocycles. The van der Waals surface area contributed by atoms with Gasteiger partial charge < -0.3 is 9.84 Å². The molecule has 1 N–H and O–H groups in total. The summed E-state index contributed by atoms with van der Waals surface area (Å²) in [4.78, 5) is 15.8. The molecule has 0 saturated heterocycles. The third-order valence-electron chi connectivity index (χ3n) is 3.45. The second-order valence-corrected chi connectivity index (χ2v) is 4.97. The standard InChI is InChI=1S/C13H17N3O3/c1-7-8(2)16-11(15-7)10(13(3,4)19-5)9(6-14-16)12(17)18/h6H,1-5H3,(H,17,18). The zero-order valence-corrected chi connectivity index (χ0v) is 11.7. The van der Waals surface area contributed by atoms with E-state index in [1.807, 2.05) is 27.7 Å². The van der Waals surface area contributed by atoms with Crippen molar-refractivity contribution in [3.05, 3.63) is 28.7 Å². The summed E-state index contributed by atoms with van der Waals surface area (Å²) in [6, 6.07) is 0.